The average Bonchev–Trinajstić information content (AvgIpc) is 2.88. The van der Waals surface area contributed by atoms with Crippen molar-refractivity contribution in [1.29, 1.82) is 0 Å². The second-order valence-electron chi connectivity index (χ2n) is 5.34. The van der Waals surface area contributed by atoms with E-state index in [0.717, 1.165) is 29.7 Å². The van der Waals surface area contributed by atoms with Crippen molar-refractivity contribution in [1.82, 2.24) is 10.4 Å². The smallest absolute Gasteiger partial charge is 0.123 e. The van der Waals surface area contributed by atoms with Crippen LogP contribution < -0.4 is 11.3 Å². The third kappa shape index (κ3) is 2.21. The van der Waals surface area contributed by atoms with Crippen molar-refractivity contribution >= 4 is 0 Å². The van der Waals surface area contributed by atoms with Crippen LogP contribution in [0.1, 0.15) is 40.8 Å². The SMILES string of the molecule is Cc1ccc(F)cc1C(NN)C1CCc2cccnc21. The Balaban J connectivity index is 2.01. The highest BCUT2D eigenvalue weighted by molar-refractivity contribution is 5.36. The molecule has 1 aromatic heterocycles. The largest absolute Gasteiger partial charge is 0.271 e. The number of rotatable bonds is 3. The van der Waals surface area contributed by atoms with Crippen molar-refractivity contribution in [2.75, 3.05) is 0 Å². The summed E-state index contributed by atoms with van der Waals surface area (Å²) in [6, 6.07) is 8.80. The maximum atomic E-state index is 13.5. The Labute approximate surface area is 118 Å². The average molecular weight is 271 g/mol. The van der Waals surface area contributed by atoms with Gasteiger partial charge in [0.1, 0.15) is 5.82 Å². The summed E-state index contributed by atoms with van der Waals surface area (Å²) in [5.41, 5.74) is 7.17. The summed E-state index contributed by atoms with van der Waals surface area (Å²) in [7, 11) is 0. The van der Waals surface area contributed by atoms with Crippen LogP contribution in [-0.4, -0.2) is 4.98 Å². The van der Waals surface area contributed by atoms with Gasteiger partial charge in [-0.3, -0.25) is 16.3 Å². The van der Waals surface area contributed by atoms with Gasteiger partial charge < -0.3 is 0 Å². The lowest BCUT2D eigenvalue weighted by molar-refractivity contribution is 0.443. The van der Waals surface area contributed by atoms with Crippen molar-refractivity contribution in [3.05, 3.63) is 64.7 Å². The summed E-state index contributed by atoms with van der Waals surface area (Å²) < 4.78 is 13.5. The first-order valence-electron chi connectivity index (χ1n) is 6.86. The number of nitrogens with one attached hydrogen (secondary N) is 1. The number of fused-ring (bicyclic) bond motifs is 1. The fourth-order valence-corrected chi connectivity index (χ4v) is 3.14. The van der Waals surface area contributed by atoms with Crippen LogP contribution >= 0.6 is 0 Å². The van der Waals surface area contributed by atoms with Gasteiger partial charge in [-0.25, -0.2) is 4.39 Å². The molecule has 1 heterocycles. The Bertz CT molecular complexity index is 627. The van der Waals surface area contributed by atoms with Crippen LogP contribution in [0.3, 0.4) is 0 Å². The number of hydrogen-bond donors (Lipinski definition) is 2. The molecule has 3 nitrogen and oxygen atoms in total. The lowest BCUT2D eigenvalue weighted by Gasteiger charge is -2.25. The minimum absolute atomic E-state index is 0.109. The molecular formula is C16H18FN3. The van der Waals surface area contributed by atoms with Crippen molar-refractivity contribution in [2.24, 2.45) is 5.84 Å². The highest BCUT2D eigenvalue weighted by atomic mass is 19.1. The van der Waals surface area contributed by atoms with Crippen molar-refractivity contribution in [2.45, 2.75) is 31.7 Å². The Kier molecular flexibility index (Phi) is 3.51. The van der Waals surface area contributed by atoms with Crippen LogP contribution in [0.5, 0.6) is 0 Å². The van der Waals surface area contributed by atoms with Crippen LogP contribution in [0.4, 0.5) is 4.39 Å². The van der Waals surface area contributed by atoms with Crippen LogP contribution in [0.2, 0.25) is 0 Å². The lowest BCUT2D eigenvalue weighted by Crippen LogP contribution is -2.32. The lowest BCUT2D eigenvalue weighted by atomic mass is 9.89. The molecule has 2 unspecified atom stereocenters. The predicted octanol–water partition coefficient (Wildman–Crippen LogP) is 2.76. The number of pyridine rings is 1. The molecule has 2 aromatic rings. The first-order valence-corrected chi connectivity index (χ1v) is 6.86. The van der Waals surface area contributed by atoms with Crippen molar-refractivity contribution in [3.63, 3.8) is 0 Å². The van der Waals surface area contributed by atoms with Crippen molar-refractivity contribution < 1.29 is 4.39 Å². The van der Waals surface area contributed by atoms with Gasteiger partial charge in [0.05, 0.1) is 6.04 Å². The van der Waals surface area contributed by atoms with Crippen LogP contribution in [-0.2, 0) is 6.42 Å². The van der Waals surface area contributed by atoms with Crippen LogP contribution in [0.15, 0.2) is 36.5 Å². The summed E-state index contributed by atoms with van der Waals surface area (Å²) in [5, 5.41) is 0. The van der Waals surface area contributed by atoms with Gasteiger partial charge in [-0.2, -0.15) is 0 Å². The van der Waals surface area contributed by atoms with E-state index in [9.17, 15) is 4.39 Å². The van der Waals surface area contributed by atoms with Gasteiger partial charge in [0.2, 0.25) is 0 Å². The first kappa shape index (κ1) is 13.2. The number of aromatic nitrogens is 1. The van der Waals surface area contributed by atoms with Crippen LogP contribution in [0.25, 0.3) is 0 Å². The molecule has 0 amide bonds. The molecule has 1 aliphatic carbocycles. The summed E-state index contributed by atoms with van der Waals surface area (Å²) >= 11 is 0. The van der Waals surface area contributed by atoms with E-state index in [0.29, 0.717) is 0 Å². The number of nitrogens with two attached hydrogens (primary N) is 1. The molecule has 0 aliphatic heterocycles. The first-order chi connectivity index (χ1) is 9.70. The molecule has 0 radical (unpaired) electrons. The minimum atomic E-state index is -0.231. The number of hydrogen-bond acceptors (Lipinski definition) is 3. The quantitative estimate of drug-likeness (QED) is 0.666. The monoisotopic (exact) mass is 271 g/mol. The molecule has 0 bridgehead atoms. The fourth-order valence-electron chi connectivity index (χ4n) is 3.14. The zero-order valence-electron chi connectivity index (χ0n) is 11.4. The Hall–Kier alpha value is -1.78. The van der Waals surface area contributed by atoms with Gasteiger partial charge in [-0.1, -0.05) is 12.1 Å². The molecule has 0 saturated heterocycles. The topological polar surface area (TPSA) is 50.9 Å². The number of nitrogens with zero attached hydrogens (tertiary/aromatic N) is 1. The molecule has 0 spiro atoms. The Morgan fingerprint density at radius 3 is 3.05 bits per heavy atom. The van der Waals surface area contributed by atoms with Gasteiger partial charge in [0, 0.05) is 17.8 Å². The van der Waals surface area contributed by atoms with E-state index < -0.39 is 0 Å². The Morgan fingerprint density at radius 1 is 1.40 bits per heavy atom. The van der Waals surface area contributed by atoms with E-state index in [1.54, 1.807) is 12.1 Å². The normalized spacial score (nSPS) is 18.9. The van der Waals surface area contributed by atoms with E-state index in [2.05, 4.69) is 16.5 Å². The molecular weight excluding hydrogens is 253 g/mol. The molecule has 3 rings (SSSR count). The van der Waals surface area contributed by atoms with Gasteiger partial charge in [-0.15, -0.1) is 0 Å². The Morgan fingerprint density at radius 2 is 2.25 bits per heavy atom. The molecule has 4 heteroatoms. The number of aryl methyl sites for hydroxylation is 2. The second-order valence-corrected chi connectivity index (χ2v) is 5.34. The van der Waals surface area contributed by atoms with Crippen molar-refractivity contribution in [3.8, 4) is 0 Å². The predicted molar refractivity (Wildman–Crippen MR) is 76.5 cm³/mol. The third-order valence-electron chi connectivity index (χ3n) is 4.16. The second kappa shape index (κ2) is 5.31. The highest BCUT2D eigenvalue weighted by Gasteiger charge is 2.32. The summed E-state index contributed by atoms with van der Waals surface area (Å²) in [6.45, 7) is 1.98. The standard InChI is InChI=1S/C16H18FN3/c1-10-4-6-12(17)9-14(10)16(20-18)13-7-5-11-3-2-8-19-15(11)13/h2-4,6,8-9,13,16,20H,5,7,18H2,1H3. The zero-order valence-corrected chi connectivity index (χ0v) is 11.4. The summed E-state index contributed by atoms with van der Waals surface area (Å²) in [4.78, 5) is 4.50. The molecule has 0 fully saturated rings. The maximum Gasteiger partial charge on any atom is 0.123 e. The van der Waals surface area contributed by atoms with Gasteiger partial charge in [0.15, 0.2) is 0 Å². The third-order valence-corrected chi connectivity index (χ3v) is 4.16. The van der Waals surface area contributed by atoms with Crippen LogP contribution in [0, 0.1) is 12.7 Å². The minimum Gasteiger partial charge on any atom is -0.271 e. The maximum absolute atomic E-state index is 13.5. The van der Waals surface area contributed by atoms with E-state index in [-0.39, 0.29) is 17.8 Å². The van der Waals surface area contributed by atoms with Gasteiger partial charge in [0.25, 0.3) is 0 Å². The van der Waals surface area contributed by atoms with Gasteiger partial charge >= 0.3 is 0 Å². The fraction of sp³-hybridized carbons (Fsp3) is 0.312. The molecule has 104 valence electrons. The van der Waals surface area contributed by atoms with E-state index in [4.69, 9.17) is 5.84 Å². The zero-order chi connectivity index (χ0) is 14.1. The number of benzene rings is 1. The number of hydrazine groups is 1. The molecule has 20 heavy (non-hydrogen) atoms. The number of halogens is 1. The van der Waals surface area contributed by atoms with E-state index in [1.165, 1.54) is 11.6 Å². The molecule has 1 aromatic carbocycles. The molecule has 0 saturated carbocycles. The summed E-state index contributed by atoms with van der Waals surface area (Å²) in [6.07, 6.45) is 3.79. The molecule has 3 N–H and O–H groups in total. The van der Waals surface area contributed by atoms with Gasteiger partial charge in [-0.05, 0) is 54.7 Å². The van der Waals surface area contributed by atoms with E-state index in [1.807, 2.05) is 19.2 Å². The highest BCUT2D eigenvalue weighted by Crippen LogP contribution is 2.40. The molecule has 1 aliphatic rings. The summed E-state index contributed by atoms with van der Waals surface area (Å²) in [5.74, 6) is 5.72. The molecule has 2 atom stereocenters. The van der Waals surface area contributed by atoms with E-state index >= 15 is 0 Å².